The molecule has 1 fully saturated rings. The van der Waals surface area contributed by atoms with Gasteiger partial charge in [-0.1, -0.05) is 0 Å². The molecule has 8 heteroatoms. The first-order valence-corrected chi connectivity index (χ1v) is 6.52. The van der Waals surface area contributed by atoms with E-state index >= 15 is 0 Å². The molecule has 112 valence electrons. The Bertz CT molecular complexity index is 421. The predicted molar refractivity (Wildman–Crippen MR) is 67.4 cm³/mol. The Morgan fingerprint density at radius 2 is 2.10 bits per heavy atom. The fourth-order valence-corrected chi connectivity index (χ4v) is 1.95. The maximum Gasteiger partial charge on any atom is 0.433 e. The summed E-state index contributed by atoms with van der Waals surface area (Å²) in [6.07, 6.45) is -1.22. The molecule has 5 nitrogen and oxygen atoms in total. The lowest BCUT2D eigenvalue weighted by atomic mass is 10.1. The van der Waals surface area contributed by atoms with Gasteiger partial charge in [-0.05, 0) is 32.0 Å². The van der Waals surface area contributed by atoms with Crippen molar-refractivity contribution in [1.82, 2.24) is 15.3 Å². The number of rotatable bonds is 5. The minimum atomic E-state index is -4.45. The van der Waals surface area contributed by atoms with Crippen molar-refractivity contribution >= 4 is 5.95 Å². The number of piperidine rings is 1. The summed E-state index contributed by atoms with van der Waals surface area (Å²) >= 11 is 0. The molecule has 0 spiro atoms. The van der Waals surface area contributed by atoms with Gasteiger partial charge >= 0.3 is 6.18 Å². The van der Waals surface area contributed by atoms with Gasteiger partial charge in [-0.2, -0.15) is 13.2 Å². The van der Waals surface area contributed by atoms with Crippen LogP contribution in [0, 0.1) is 0 Å². The molecular weight excluding hydrogens is 273 g/mol. The summed E-state index contributed by atoms with van der Waals surface area (Å²) in [7, 11) is 0. The summed E-state index contributed by atoms with van der Waals surface area (Å²) < 4.78 is 43.0. The summed E-state index contributed by atoms with van der Waals surface area (Å²) in [5.74, 6) is -0.0336. The molecule has 1 aliphatic rings. The Labute approximate surface area is 114 Å². The quantitative estimate of drug-likeness (QED) is 0.808. The third-order valence-corrected chi connectivity index (χ3v) is 2.97. The second kappa shape index (κ2) is 6.85. The zero-order valence-corrected chi connectivity index (χ0v) is 10.9. The maximum absolute atomic E-state index is 12.5. The molecule has 2 heterocycles. The van der Waals surface area contributed by atoms with Crippen molar-refractivity contribution in [3.63, 3.8) is 0 Å². The van der Waals surface area contributed by atoms with E-state index in [0.29, 0.717) is 13.2 Å². The van der Waals surface area contributed by atoms with Crippen LogP contribution in [0.2, 0.25) is 0 Å². The van der Waals surface area contributed by atoms with Crippen molar-refractivity contribution in [3.8, 4) is 0 Å². The highest BCUT2D eigenvalue weighted by atomic mass is 19.4. The van der Waals surface area contributed by atoms with Crippen molar-refractivity contribution in [2.75, 3.05) is 31.6 Å². The Morgan fingerprint density at radius 1 is 1.35 bits per heavy atom. The second-order valence-corrected chi connectivity index (χ2v) is 4.51. The second-order valence-electron chi connectivity index (χ2n) is 4.51. The number of hydrogen-bond acceptors (Lipinski definition) is 5. The van der Waals surface area contributed by atoms with Gasteiger partial charge in [0.25, 0.3) is 0 Å². The summed E-state index contributed by atoms with van der Waals surface area (Å²) in [5.41, 5.74) is -0.950. The standard InChI is InChI=1S/C12H17F3N4O/c13-12(14,15)10-3-6-17-11(19-10)18-7-8-20-9-1-4-16-5-2-9/h3,6,9,16H,1-2,4-5,7-8H2,(H,17,18,19). The number of ether oxygens (including phenoxy) is 1. The van der Waals surface area contributed by atoms with Gasteiger partial charge in [0.15, 0.2) is 0 Å². The molecule has 1 aromatic heterocycles. The summed E-state index contributed by atoms with van der Waals surface area (Å²) in [5, 5.41) is 5.96. The summed E-state index contributed by atoms with van der Waals surface area (Å²) in [4.78, 5) is 7.17. The number of aromatic nitrogens is 2. The lowest BCUT2D eigenvalue weighted by Crippen LogP contribution is -2.33. The zero-order chi connectivity index (χ0) is 14.4. The number of hydrogen-bond donors (Lipinski definition) is 2. The van der Waals surface area contributed by atoms with E-state index in [9.17, 15) is 13.2 Å². The number of nitrogens with one attached hydrogen (secondary N) is 2. The normalized spacial score (nSPS) is 17.1. The molecule has 20 heavy (non-hydrogen) atoms. The highest BCUT2D eigenvalue weighted by Crippen LogP contribution is 2.27. The fraction of sp³-hybridized carbons (Fsp3) is 0.667. The largest absolute Gasteiger partial charge is 0.433 e. The highest BCUT2D eigenvalue weighted by Gasteiger charge is 2.32. The average molecular weight is 290 g/mol. The Hall–Kier alpha value is -1.41. The maximum atomic E-state index is 12.5. The van der Waals surface area contributed by atoms with Gasteiger partial charge in [0.1, 0.15) is 5.69 Å². The van der Waals surface area contributed by atoms with E-state index < -0.39 is 11.9 Å². The third-order valence-electron chi connectivity index (χ3n) is 2.97. The van der Waals surface area contributed by atoms with E-state index in [1.54, 1.807) is 0 Å². The van der Waals surface area contributed by atoms with Crippen molar-refractivity contribution in [1.29, 1.82) is 0 Å². The molecule has 0 aliphatic carbocycles. The van der Waals surface area contributed by atoms with Crippen LogP contribution >= 0.6 is 0 Å². The molecule has 1 aliphatic heterocycles. The SMILES string of the molecule is FC(F)(F)c1ccnc(NCCOC2CCNCC2)n1. The minimum absolute atomic E-state index is 0.0336. The number of alkyl halides is 3. The van der Waals surface area contributed by atoms with Crippen LogP contribution in [0.1, 0.15) is 18.5 Å². The van der Waals surface area contributed by atoms with Crippen molar-refractivity contribution in [2.45, 2.75) is 25.1 Å². The van der Waals surface area contributed by atoms with Gasteiger partial charge in [0.2, 0.25) is 5.95 Å². The van der Waals surface area contributed by atoms with Crippen LogP contribution in [-0.2, 0) is 10.9 Å². The molecule has 0 bridgehead atoms. The summed E-state index contributed by atoms with van der Waals surface area (Å²) in [6, 6.07) is 0.844. The number of anilines is 1. The van der Waals surface area contributed by atoms with Gasteiger partial charge in [-0.15, -0.1) is 0 Å². The first-order chi connectivity index (χ1) is 9.55. The monoisotopic (exact) mass is 290 g/mol. The Kier molecular flexibility index (Phi) is 5.13. The van der Waals surface area contributed by atoms with Gasteiger partial charge in [-0.3, -0.25) is 0 Å². The van der Waals surface area contributed by atoms with Crippen LogP contribution in [-0.4, -0.2) is 42.3 Å². The van der Waals surface area contributed by atoms with Gasteiger partial charge < -0.3 is 15.4 Å². The Balaban J connectivity index is 1.73. The van der Waals surface area contributed by atoms with E-state index in [1.165, 1.54) is 0 Å². The molecule has 0 amide bonds. The number of nitrogens with zero attached hydrogens (tertiary/aromatic N) is 2. The minimum Gasteiger partial charge on any atom is -0.376 e. The third kappa shape index (κ3) is 4.61. The Morgan fingerprint density at radius 3 is 2.80 bits per heavy atom. The van der Waals surface area contributed by atoms with Gasteiger partial charge in [-0.25, -0.2) is 9.97 Å². The van der Waals surface area contributed by atoms with E-state index in [1.807, 2.05) is 0 Å². The lowest BCUT2D eigenvalue weighted by molar-refractivity contribution is -0.141. The van der Waals surface area contributed by atoms with Crippen molar-refractivity contribution < 1.29 is 17.9 Å². The predicted octanol–water partition coefficient (Wildman–Crippen LogP) is 1.68. The van der Waals surface area contributed by atoms with Crippen molar-refractivity contribution in [2.24, 2.45) is 0 Å². The van der Waals surface area contributed by atoms with E-state index in [4.69, 9.17) is 4.74 Å². The first kappa shape index (κ1) is 15.0. The van der Waals surface area contributed by atoms with Crippen LogP contribution in [0.4, 0.5) is 19.1 Å². The van der Waals surface area contributed by atoms with Gasteiger partial charge in [0, 0.05) is 12.7 Å². The molecular formula is C12H17F3N4O. The van der Waals surface area contributed by atoms with E-state index in [-0.39, 0.29) is 12.1 Å². The zero-order valence-electron chi connectivity index (χ0n) is 10.9. The van der Waals surface area contributed by atoms with Gasteiger partial charge in [0.05, 0.1) is 12.7 Å². The molecule has 0 aromatic carbocycles. The molecule has 2 N–H and O–H groups in total. The first-order valence-electron chi connectivity index (χ1n) is 6.52. The molecule has 1 saturated heterocycles. The van der Waals surface area contributed by atoms with Crippen LogP contribution in [0.15, 0.2) is 12.3 Å². The molecule has 0 radical (unpaired) electrons. The molecule has 1 aromatic rings. The lowest BCUT2D eigenvalue weighted by Gasteiger charge is -2.22. The van der Waals surface area contributed by atoms with E-state index in [2.05, 4.69) is 20.6 Å². The summed E-state index contributed by atoms with van der Waals surface area (Å²) in [6.45, 7) is 2.68. The molecule has 0 saturated carbocycles. The van der Waals surface area contributed by atoms with E-state index in [0.717, 1.165) is 38.2 Å². The van der Waals surface area contributed by atoms with Crippen LogP contribution in [0.3, 0.4) is 0 Å². The van der Waals surface area contributed by atoms with Crippen LogP contribution < -0.4 is 10.6 Å². The van der Waals surface area contributed by atoms with Crippen LogP contribution in [0.25, 0.3) is 0 Å². The molecule has 0 atom stereocenters. The van der Waals surface area contributed by atoms with Crippen molar-refractivity contribution in [3.05, 3.63) is 18.0 Å². The number of halogens is 3. The molecule has 0 unspecified atom stereocenters. The smallest absolute Gasteiger partial charge is 0.376 e. The average Bonchev–Trinajstić information content (AvgIpc) is 2.44. The fourth-order valence-electron chi connectivity index (χ4n) is 1.95. The topological polar surface area (TPSA) is 59.1 Å². The van der Waals surface area contributed by atoms with Crippen LogP contribution in [0.5, 0.6) is 0 Å². The highest BCUT2D eigenvalue weighted by molar-refractivity contribution is 5.25. The molecule has 2 rings (SSSR count).